The van der Waals surface area contributed by atoms with Crippen LogP contribution in [-0.4, -0.2) is 14.5 Å². The molecule has 246 valence electrons. The minimum atomic E-state index is 0. The van der Waals surface area contributed by atoms with Gasteiger partial charge < -0.3 is 4.57 Å². The Labute approximate surface area is 309 Å². The van der Waals surface area contributed by atoms with Crippen molar-refractivity contribution in [1.82, 2.24) is 9.55 Å². The summed E-state index contributed by atoms with van der Waals surface area (Å²) in [5.74, 6) is 0.871. The zero-order valence-corrected chi connectivity index (χ0v) is 30.4. The second kappa shape index (κ2) is 13.3. The summed E-state index contributed by atoms with van der Waals surface area (Å²) in [5.41, 5.74) is 10.9. The number of hydrogen-bond donors (Lipinski definition) is 0. The van der Waals surface area contributed by atoms with Gasteiger partial charge in [-0.25, -0.2) is 4.98 Å². The van der Waals surface area contributed by atoms with E-state index in [1.54, 1.807) is 11.8 Å². The Morgan fingerprint density at radius 1 is 0.620 bits per heavy atom. The average molecular weight is 847 g/mol. The molecule has 1 aliphatic heterocycles. The van der Waals surface area contributed by atoms with Crippen LogP contribution in [0.25, 0.3) is 38.8 Å². The molecule has 7 heteroatoms. The van der Waals surface area contributed by atoms with Crippen molar-refractivity contribution in [3.63, 3.8) is 0 Å². The van der Waals surface area contributed by atoms with E-state index in [-0.39, 0.29) is 21.1 Å². The third-order valence-corrected chi connectivity index (χ3v) is 9.94. The van der Waals surface area contributed by atoms with Crippen molar-refractivity contribution < 1.29 is 26.0 Å². The quantitative estimate of drug-likeness (QED) is 0.123. The number of nitrogens with zero attached hydrogens (tertiary/aromatic N) is 4. The Kier molecular flexibility index (Phi) is 8.53. The molecule has 0 saturated heterocycles. The second-order valence-corrected chi connectivity index (χ2v) is 13.2. The first kappa shape index (κ1) is 32.1. The molecule has 1 N–H and O–H groups in total. The molecule has 6 aromatic carbocycles. The Bertz CT molecular complexity index is 2490. The Morgan fingerprint density at radius 3 is 2.14 bits per heavy atom. The number of fused-ring (bicyclic) bond motifs is 4. The third-order valence-electron chi connectivity index (χ3n) is 9.02. The van der Waals surface area contributed by atoms with Crippen molar-refractivity contribution in [2.75, 3.05) is 10.1 Å². The number of anilines is 4. The Morgan fingerprint density at radius 2 is 1.32 bits per heavy atom. The van der Waals surface area contributed by atoms with E-state index in [4.69, 9.17) is 9.92 Å². The molecule has 0 radical (unpaired) electrons. The average Bonchev–Trinajstić information content (AvgIpc) is 3.68. The zero-order valence-electron chi connectivity index (χ0n) is 27.3. The van der Waals surface area contributed by atoms with Gasteiger partial charge in [-0.05, 0) is 84.0 Å². The minimum Gasteiger partial charge on any atom is -0.319 e. The summed E-state index contributed by atoms with van der Waals surface area (Å²) in [6.07, 6.45) is 1.91. The van der Waals surface area contributed by atoms with Gasteiger partial charge in [-0.15, -0.1) is 50.2 Å². The van der Waals surface area contributed by atoms with Gasteiger partial charge in [-0.2, -0.15) is 29.2 Å². The van der Waals surface area contributed by atoms with Gasteiger partial charge in [-0.1, -0.05) is 77.3 Å². The minimum absolute atomic E-state index is 0. The molecule has 5 nitrogen and oxygen atoms in total. The van der Waals surface area contributed by atoms with E-state index in [2.05, 4.69) is 140 Å². The molecule has 0 fully saturated rings. The van der Waals surface area contributed by atoms with E-state index in [0.717, 1.165) is 60.3 Å². The van der Waals surface area contributed by atoms with Crippen LogP contribution in [0.4, 0.5) is 22.7 Å². The summed E-state index contributed by atoms with van der Waals surface area (Å²) in [5, 5.41) is 6.26. The molecule has 0 saturated carbocycles. The topological polar surface area (TPSA) is 37.1 Å². The van der Waals surface area contributed by atoms with Crippen LogP contribution in [0.5, 0.6) is 0 Å². The van der Waals surface area contributed by atoms with Crippen LogP contribution < -0.4 is 10.1 Å². The van der Waals surface area contributed by atoms with Crippen molar-refractivity contribution in [3.8, 4) is 16.9 Å². The van der Waals surface area contributed by atoms with E-state index < -0.39 is 0 Å². The summed E-state index contributed by atoms with van der Waals surface area (Å²) in [6, 6.07) is 55.7. The van der Waals surface area contributed by atoms with Gasteiger partial charge in [0, 0.05) is 38.5 Å². The first-order valence-electron chi connectivity index (χ1n) is 16.3. The molecular weight excluding hydrogens is 816 g/mol. The van der Waals surface area contributed by atoms with Gasteiger partial charge in [0.15, 0.2) is 0 Å². The van der Waals surface area contributed by atoms with E-state index in [9.17, 15) is 0 Å². The van der Waals surface area contributed by atoms with Crippen molar-refractivity contribution >= 4 is 56.3 Å². The van der Waals surface area contributed by atoms with Crippen molar-refractivity contribution in [2.24, 2.45) is 0 Å². The number of benzene rings is 6. The molecule has 50 heavy (non-hydrogen) atoms. The fraction of sp³-hybridized carbons (Fsp3) is 0.0465. The maximum absolute atomic E-state index is 5.00. The Balaban J connectivity index is 0.00000361. The fourth-order valence-electron chi connectivity index (χ4n) is 6.82. The maximum atomic E-state index is 5.00. The molecule has 8 aromatic rings. The molecule has 0 spiro atoms. The van der Waals surface area contributed by atoms with Gasteiger partial charge in [0.2, 0.25) is 0 Å². The van der Waals surface area contributed by atoms with Crippen molar-refractivity contribution in [1.29, 1.82) is 0 Å². The first-order chi connectivity index (χ1) is 24.1. The smallest absolute Gasteiger partial charge is 0.148 e. The van der Waals surface area contributed by atoms with Crippen LogP contribution >= 0.6 is 11.8 Å². The standard InChI is InChI=1S/C43H30N4OS.Pt/c1-29-12-10-13-30(2)43(29)31-24-25-44-42(26-31)45-38-19-7-6-18-36(38)37-23-22-35(28-41(37)45)49-34-17-11-16-33(27-34)47-40-21-9-8-20-39(40)46(48-47)32-14-4-3-5-15-32;/h3-26H,1-2H3;/q-2;/p+1. The SMILES string of the molecule is Cc1cccc(C)c1-c1ccnc(-n2c3[c-]c(Sc4[c-]c(N5[OH+]N(c6ccccc6)c6ccccc65)ccc4)ccc3c3ccccc32)c1.[Pt]. The number of hydrogen-bond acceptors (Lipinski definition) is 4. The van der Waals surface area contributed by atoms with Crippen molar-refractivity contribution in [2.45, 2.75) is 23.6 Å². The molecule has 0 bridgehead atoms. The molecule has 0 atom stereocenters. The van der Waals surface area contributed by atoms with Gasteiger partial charge in [-0.3, -0.25) is 0 Å². The molecule has 1 aliphatic rings. The summed E-state index contributed by atoms with van der Waals surface area (Å²) >= 11 is 1.64. The monoisotopic (exact) mass is 846 g/mol. The van der Waals surface area contributed by atoms with Crippen LogP contribution in [0.1, 0.15) is 11.1 Å². The van der Waals surface area contributed by atoms with Crippen LogP contribution in [-0.2, 0) is 21.1 Å². The number of aromatic nitrogens is 2. The van der Waals surface area contributed by atoms with Crippen molar-refractivity contribution in [3.05, 3.63) is 169 Å². The number of pyridine rings is 1. The molecule has 0 aliphatic carbocycles. The van der Waals surface area contributed by atoms with E-state index >= 15 is 0 Å². The van der Waals surface area contributed by atoms with E-state index in [0.29, 0.717) is 0 Å². The fourth-order valence-corrected chi connectivity index (χ4v) is 7.64. The van der Waals surface area contributed by atoms with Crippen LogP contribution in [0.2, 0.25) is 0 Å². The Hall–Kier alpha value is -5.13. The second-order valence-electron chi connectivity index (χ2n) is 12.1. The summed E-state index contributed by atoms with van der Waals surface area (Å²) in [4.78, 5) is 11.9. The van der Waals surface area contributed by atoms with Crippen LogP contribution in [0.3, 0.4) is 0 Å². The van der Waals surface area contributed by atoms with E-state index in [1.165, 1.54) is 22.1 Å². The molecule has 9 rings (SSSR count). The van der Waals surface area contributed by atoms with Crippen LogP contribution in [0.15, 0.2) is 156 Å². The van der Waals surface area contributed by atoms with Gasteiger partial charge in [0.25, 0.3) is 0 Å². The first-order valence-corrected chi connectivity index (χ1v) is 17.1. The number of aryl methyl sites for hydroxylation is 2. The number of rotatable bonds is 6. The summed E-state index contributed by atoms with van der Waals surface area (Å²) in [7, 11) is 0. The molecule has 0 unspecified atom stereocenters. The predicted octanol–water partition coefficient (Wildman–Crippen LogP) is 11.3. The predicted molar refractivity (Wildman–Crippen MR) is 201 cm³/mol. The molecule has 2 aromatic heterocycles. The summed E-state index contributed by atoms with van der Waals surface area (Å²) < 4.78 is 2.24. The van der Waals surface area contributed by atoms with Gasteiger partial charge in [0.05, 0.1) is 0 Å². The third kappa shape index (κ3) is 5.60. The van der Waals surface area contributed by atoms with Gasteiger partial charge in [0.1, 0.15) is 22.9 Å². The number of para-hydroxylation sites is 4. The summed E-state index contributed by atoms with van der Waals surface area (Å²) in [6.45, 7) is 4.34. The molecule has 3 heterocycles. The normalized spacial score (nSPS) is 12.4. The zero-order chi connectivity index (χ0) is 32.9. The van der Waals surface area contributed by atoms with E-state index in [1.807, 2.05) is 46.7 Å². The molecular formula is C43H31N4OPtS-. The van der Waals surface area contributed by atoms with Gasteiger partial charge >= 0.3 is 0 Å². The molecule has 0 amide bonds. The van der Waals surface area contributed by atoms with Crippen LogP contribution in [0, 0.1) is 26.0 Å². The maximum Gasteiger partial charge on any atom is 0.148 e. The largest absolute Gasteiger partial charge is 0.319 e.